The summed E-state index contributed by atoms with van der Waals surface area (Å²) in [6, 6.07) is 14.5. The molecule has 0 aliphatic rings. The van der Waals surface area contributed by atoms with Gasteiger partial charge in [0.1, 0.15) is 12.0 Å². The van der Waals surface area contributed by atoms with Crippen LogP contribution in [0.3, 0.4) is 0 Å². The summed E-state index contributed by atoms with van der Waals surface area (Å²) in [6.45, 7) is 0. The number of rotatable bonds is 3. The van der Waals surface area contributed by atoms with Gasteiger partial charge in [0, 0.05) is 4.47 Å². The zero-order valence-electron chi connectivity index (χ0n) is 9.51. The zero-order valence-corrected chi connectivity index (χ0v) is 11.1. The summed E-state index contributed by atoms with van der Waals surface area (Å²) in [4.78, 5) is 10.8. The summed E-state index contributed by atoms with van der Waals surface area (Å²) in [5, 5.41) is 9.30. The number of aromatic hydroxyl groups is 1. The molecule has 0 saturated carbocycles. The smallest absolute Gasteiger partial charge is 0.143 e. The summed E-state index contributed by atoms with van der Waals surface area (Å²) < 4.78 is 0.922. The Bertz CT molecular complexity index is 586. The van der Waals surface area contributed by atoms with Gasteiger partial charge in [-0.1, -0.05) is 46.3 Å². The molecule has 3 heteroatoms. The van der Waals surface area contributed by atoms with Crippen molar-refractivity contribution in [3.8, 4) is 5.75 Å². The summed E-state index contributed by atoms with van der Waals surface area (Å²) >= 11 is 3.47. The van der Waals surface area contributed by atoms with Gasteiger partial charge in [-0.25, -0.2) is 0 Å². The molecule has 2 rings (SSSR count). The summed E-state index contributed by atoms with van der Waals surface area (Å²) in [5.41, 5.74) is 2.64. The van der Waals surface area contributed by atoms with Crippen molar-refractivity contribution in [2.24, 2.45) is 0 Å². The highest BCUT2D eigenvalue weighted by Crippen LogP contribution is 2.29. The minimum atomic E-state index is 0.205. The summed E-state index contributed by atoms with van der Waals surface area (Å²) in [6.07, 6.45) is 2.29. The second-order valence-corrected chi connectivity index (χ2v) is 4.60. The highest BCUT2D eigenvalue weighted by molar-refractivity contribution is 9.10. The molecule has 2 aromatic carbocycles. The lowest BCUT2D eigenvalue weighted by atomic mass is 9.98. The van der Waals surface area contributed by atoms with Crippen molar-refractivity contribution < 1.29 is 9.90 Å². The van der Waals surface area contributed by atoms with Crippen LogP contribution in [-0.2, 0) is 4.79 Å². The second-order valence-electron chi connectivity index (χ2n) is 3.74. The van der Waals surface area contributed by atoms with Crippen molar-refractivity contribution in [2.75, 3.05) is 0 Å². The van der Waals surface area contributed by atoms with Crippen LogP contribution in [0.15, 0.2) is 59.1 Å². The maximum absolute atomic E-state index is 10.8. The van der Waals surface area contributed by atoms with E-state index in [4.69, 9.17) is 0 Å². The SMILES string of the molecule is O=CC=C(c1ccc(O)cc1)c1ccccc1Br. The van der Waals surface area contributed by atoms with Crippen molar-refractivity contribution in [1.29, 1.82) is 0 Å². The Balaban J connectivity index is 2.54. The molecule has 0 aromatic heterocycles. The number of benzene rings is 2. The summed E-state index contributed by atoms with van der Waals surface area (Å²) in [7, 11) is 0. The molecule has 0 unspecified atom stereocenters. The molecule has 0 fully saturated rings. The van der Waals surface area contributed by atoms with E-state index in [9.17, 15) is 9.90 Å². The van der Waals surface area contributed by atoms with Crippen molar-refractivity contribution in [2.45, 2.75) is 0 Å². The Morgan fingerprint density at radius 1 is 1.06 bits per heavy atom. The molecule has 0 radical (unpaired) electrons. The standard InChI is InChI=1S/C15H11BrO2/c16-15-4-2-1-3-14(15)13(9-10-17)11-5-7-12(18)8-6-11/h1-10,18H. The lowest BCUT2D eigenvalue weighted by Crippen LogP contribution is -1.90. The number of halogens is 1. The van der Waals surface area contributed by atoms with Gasteiger partial charge in [0.2, 0.25) is 0 Å². The topological polar surface area (TPSA) is 37.3 Å². The minimum Gasteiger partial charge on any atom is -0.508 e. The quantitative estimate of drug-likeness (QED) is 0.692. The van der Waals surface area contributed by atoms with Gasteiger partial charge in [-0.05, 0) is 41.0 Å². The first-order valence-electron chi connectivity index (χ1n) is 5.42. The van der Waals surface area contributed by atoms with Gasteiger partial charge >= 0.3 is 0 Å². The highest BCUT2D eigenvalue weighted by Gasteiger charge is 2.08. The maximum atomic E-state index is 10.8. The Kier molecular flexibility index (Phi) is 3.95. The number of hydrogen-bond acceptors (Lipinski definition) is 2. The minimum absolute atomic E-state index is 0.205. The van der Waals surface area contributed by atoms with Crippen molar-refractivity contribution in [3.05, 3.63) is 70.2 Å². The first-order chi connectivity index (χ1) is 8.72. The van der Waals surface area contributed by atoms with E-state index in [1.807, 2.05) is 24.3 Å². The Hall–Kier alpha value is -1.87. The van der Waals surface area contributed by atoms with E-state index in [0.717, 1.165) is 27.5 Å². The molecule has 0 heterocycles. The predicted octanol–water partition coefficient (Wildman–Crippen LogP) is 3.79. The molecule has 0 aliphatic carbocycles. The number of carbonyl (C=O) groups is 1. The average Bonchev–Trinajstić information content (AvgIpc) is 2.38. The number of hydrogen-bond donors (Lipinski definition) is 1. The van der Waals surface area contributed by atoms with Crippen LogP contribution < -0.4 is 0 Å². The Labute approximate surface area is 114 Å². The molecule has 18 heavy (non-hydrogen) atoms. The number of phenols is 1. The maximum Gasteiger partial charge on any atom is 0.143 e. The summed E-state index contributed by atoms with van der Waals surface area (Å²) in [5.74, 6) is 0.205. The molecule has 2 nitrogen and oxygen atoms in total. The monoisotopic (exact) mass is 302 g/mol. The van der Waals surface area contributed by atoms with Crippen molar-refractivity contribution >= 4 is 27.8 Å². The van der Waals surface area contributed by atoms with E-state index < -0.39 is 0 Å². The highest BCUT2D eigenvalue weighted by atomic mass is 79.9. The van der Waals surface area contributed by atoms with E-state index in [-0.39, 0.29) is 5.75 Å². The number of phenolic OH excluding ortho intramolecular Hbond substituents is 1. The lowest BCUT2D eigenvalue weighted by Gasteiger charge is -2.09. The van der Waals surface area contributed by atoms with Crippen LogP contribution >= 0.6 is 15.9 Å². The van der Waals surface area contributed by atoms with Crippen LogP contribution in [0.4, 0.5) is 0 Å². The van der Waals surface area contributed by atoms with Gasteiger partial charge < -0.3 is 5.11 Å². The molecule has 1 N–H and O–H groups in total. The largest absolute Gasteiger partial charge is 0.508 e. The van der Waals surface area contributed by atoms with E-state index in [2.05, 4.69) is 15.9 Å². The third-order valence-corrected chi connectivity index (χ3v) is 3.27. The van der Waals surface area contributed by atoms with Gasteiger partial charge in [0.15, 0.2) is 0 Å². The van der Waals surface area contributed by atoms with Crippen LogP contribution in [0.25, 0.3) is 5.57 Å². The number of allylic oxidation sites excluding steroid dienone is 1. The van der Waals surface area contributed by atoms with E-state index in [0.29, 0.717) is 0 Å². The molecule has 90 valence electrons. The first kappa shape index (κ1) is 12.6. The molecule has 0 bridgehead atoms. The molecule has 0 amide bonds. The third kappa shape index (κ3) is 2.68. The average molecular weight is 303 g/mol. The van der Waals surface area contributed by atoms with Crippen LogP contribution in [0, 0.1) is 0 Å². The first-order valence-corrected chi connectivity index (χ1v) is 6.21. The lowest BCUT2D eigenvalue weighted by molar-refractivity contribution is -0.104. The Morgan fingerprint density at radius 2 is 1.72 bits per heavy atom. The van der Waals surface area contributed by atoms with E-state index >= 15 is 0 Å². The van der Waals surface area contributed by atoms with Crippen molar-refractivity contribution in [1.82, 2.24) is 0 Å². The normalized spacial score (nSPS) is 11.3. The zero-order chi connectivity index (χ0) is 13.0. The fourth-order valence-corrected chi connectivity index (χ4v) is 2.23. The van der Waals surface area contributed by atoms with Crippen LogP contribution in [0.2, 0.25) is 0 Å². The fourth-order valence-electron chi connectivity index (χ4n) is 1.73. The fraction of sp³-hybridized carbons (Fsp3) is 0. The van der Waals surface area contributed by atoms with E-state index in [1.165, 1.54) is 6.08 Å². The Morgan fingerprint density at radius 3 is 2.33 bits per heavy atom. The molecule has 0 aliphatic heterocycles. The van der Waals surface area contributed by atoms with Gasteiger partial charge in [0.25, 0.3) is 0 Å². The van der Waals surface area contributed by atoms with Crippen molar-refractivity contribution in [3.63, 3.8) is 0 Å². The van der Waals surface area contributed by atoms with Gasteiger partial charge in [-0.15, -0.1) is 0 Å². The number of carbonyl (C=O) groups excluding carboxylic acids is 1. The van der Waals surface area contributed by atoms with Gasteiger partial charge in [0.05, 0.1) is 0 Å². The molecular formula is C15H11BrO2. The van der Waals surface area contributed by atoms with Gasteiger partial charge in [-0.3, -0.25) is 4.79 Å². The molecule has 0 spiro atoms. The molecule has 0 atom stereocenters. The van der Waals surface area contributed by atoms with E-state index in [1.54, 1.807) is 24.3 Å². The second kappa shape index (κ2) is 5.65. The van der Waals surface area contributed by atoms with Crippen LogP contribution in [0.1, 0.15) is 11.1 Å². The van der Waals surface area contributed by atoms with Gasteiger partial charge in [-0.2, -0.15) is 0 Å². The molecular weight excluding hydrogens is 292 g/mol. The third-order valence-electron chi connectivity index (χ3n) is 2.58. The van der Waals surface area contributed by atoms with Crippen LogP contribution in [-0.4, -0.2) is 11.4 Å². The molecule has 2 aromatic rings. The van der Waals surface area contributed by atoms with Crippen LogP contribution in [0.5, 0.6) is 5.75 Å². The predicted molar refractivity (Wildman–Crippen MR) is 75.4 cm³/mol. The number of aldehydes is 1. The molecule has 0 saturated heterocycles.